The molecule has 7 heteroatoms. The topological polar surface area (TPSA) is 54.0 Å². The van der Waals surface area contributed by atoms with Crippen LogP contribution < -0.4 is 10.4 Å². The van der Waals surface area contributed by atoms with Gasteiger partial charge in [0.1, 0.15) is 6.10 Å². The van der Waals surface area contributed by atoms with Gasteiger partial charge in [-0.2, -0.15) is 0 Å². The SMILES string of the molecule is CO[C@@H]1O[C@@H]2C3=C1[C@H](O[Si](c1ccccc1)(c1ccccc1)C(C)(C)C)CC[C@]3(C)CC[C@@]1(C)[C@H](C(C)C)[C@@H](O[Si](C)(C)C(C)(C)C)C(=O)[C@@H]21. The van der Waals surface area contributed by atoms with Gasteiger partial charge in [-0.3, -0.25) is 4.79 Å². The molecule has 2 saturated carbocycles. The molecule has 2 fully saturated rings. The molecule has 8 atom stereocenters. The molecule has 0 radical (unpaired) electrons. The molecule has 274 valence electrons. The fourth-order valence-corrected chi connectivity index (χ4v) is 16.3. The van der Waals surface area contributed by atoms with Crippen molar-refractivity contribution < 1.29 is 23.1 Å². The third-order valence-electron chi connectivity index (χ3n) is 13.9. The van der Waals surface area contributed by atoms with Crippen LogP contribution in [0.2, 0.25) is 23.2 Å². The molecule has 0 aromatic heterocycles. The van der Waals surface area contributed by atoms with Crippen molar-refractivity contribution in [3.05, 3.63) is 71.8 Å². The molecule has 2 aromatic carbocycles. The van der Waals surface area contributed by atoms with Crippen LogP contribution in [-0.4, -0.2) is 54.1 Å². The van der Waals surface area contributed by atoms with Gasteiger partial charge in [-0.15, -0.1) is 0 Å². The Bertz CT molecular complexity index is 1550. The first-order valence-electron chi connectivity index (χ1n) is 19.2. The molecule has 0 unspecified atom stereocenters. The average molecular weight is 717 g/mol. The second-order valence-corrected chi connectivity index (χ2v) is 28.3. The number of methoxy groups -OCH3 is 1. The van der Waals surface area contributed by atoms with E-state index in [1.807, 2.05) is 0 Å². The first-order chi connectivity index (χ1) is 23.2. The van der Waals surface area contributed by atoms with Crippen molar-refractivity contribution in [2.24, 2.45) is 28.6 Å². The van der Waals surface area contributed by atoms with Crippen molar-refractivity contribution in [2.75, 3.05) is 7.11 Å². The molecule has 0 bridgehead atoms. The Morgan fingerprint density at radius 3 is 1.86 bits per heavy atom. The third-order valence-corrected chi connectivity index (χ3v) is 23.4. The van der Waals surface area contributed by atoms with Crippen molar-refractivity contribution in [2.45, 2.75) is 143 Å². The van der Waals surface area contributed by atoms with Gasteiger partial charge in [-0.25, -0.2) is 0 Å². The van der Waals surface area contributed by atoms with Crippen molar-refractivity contribution in [1.29, 1.82) is 0 Å². The summed E-state index contributed by atoms with van der Waals surface area (Å²) in [6.07, 6.45) is 2.40. The van der Waals surface area contributed by atoms with Crippen LogP contribution in [0.15, 0.2) is 71.8 Å². The fraction of sp³-hybridized carbons (Fsp3) is 0.651. The Morgan fingerprint density at radius 2 is 1.38 bits per heavy atom. The molecular formula is C43H64O5Si2. The first kappa shape index (κ1) is 37.9. The minimum Gasteiger partial charge on any atom is -0.407 e. The summed E-state index contributed by atoms with van der Waals surface area (Å²) in [7, 11) is -3.36. The van der Waals surface area contributed by atoms with Gasteiger partial charge in [0.25, 0.3) is 8.32 Å². The lowest BCUT2D eigenvalue weighted by Crippen LogP contribution is -2.68. The van der Waals surface area contributed by atoms with E-state index in [0.717, 1.165) is 31.3 Å². The maximum Gasteiger partial charge on any atom is 0.261 e. The molecular weight excluding hydrogens is 653 g/mol. The maximum absolute atomic E-state index is 15.1. The lowest BCUT2D eigenvalue weighted by atomic mass is 9.66. The summed E-state index contributed by atoms with van der Waals surface area (Å²) in [5, 5.41) is 2.39. The van der Waals surface area contributed by atoms with Gasteiger partial charge in [0.05, 0.1) is 18.1 Å². The Hall–Kier alpha value is -1.88. The summed E-state index contributed by atoms with van der Waals surface area (Å²) >= 11 is 0. The van der Waals surface area contributed by atoms with Crippen molar-refractivity contribution in [1.82, 2.24) is 0 Å². The van der Waals surface area contributed by atoms with E-state index in [1.54, 1.807) is 7.11 Å². The van der Waals surface area contributed by atoms with E-state index in [9.17, 15) is 0 Å². The molecule has 50 heavy (non-hydrogen) atoms. The molecule has 1 aliphatic heterocycles. The van der Waals surface area contributed by atoms with Crippen LogP contribution in [-0.2, 0) is 23.1 Å². The van der Waals surface area contributed by atoms with Crippen LogP contribution in [0.1, 0.15) is 94.9 Å². The molecule has 4 aliphatic rings. The molecule has 1 heterocycles. The summed E-state index contributed by atoms with van der Waals surface area (Å²) < 4.78 is 28.4. The van der Waals surface area contributed by atoms with E-state index in [1.165, 1.54) is 15.9 Å². The van der Waals surface area contributed by atoms with Gasteiger partial charge < -0.3 is 18.3 Å². The predicted octanol–water partition coefficient (Wildman–Crippen LogP) is 9.06. The van der Waals surface area contributed by atoms with Gasteiger partial charge in [0.2, 0.25) is 0 Å². The minimum absolute atomic E-state index is 0.00845. The Balaban J connectivity index is 1.51. The highest BCUT2D eigenvalue weighted by molar-refractivity contribution is 6.99. The van der Waals surface area contributed by atoms with Crippen LogP contribution in [0, 0.1) is 28.6 Å². The number of Topliss-reactive ketones (excluding diaryl/α,β-unsaturated/α-hetero) is 1. The number of carbonyl (C=O) groups is 1. The van der Waals surface area contributed by atoms with E-state index in [2.05, 4.69) is 143 Å². The number of benzene rings is 2. The van der Waals surface area contributed by atoms with Crippen LogP contribution in [0.4, 0.5) is 0 Å². The molecule has 0 N–H and O–H groups in total. The normalized spacial score (nSPS) is 33.4. The standard InChI is InChI=1S/C43H64O5Si2/c1-28(2)33-38(48-49(12,13)40(3,4)5)36(44)35-37-34-32(39(45-11)46-37)31(24-25-42(34,9)26-27-43(33,35)10)47-50(41(6,7)8,29-20-16-14-17-21-29)30-22-18-15-19-23-30/h14-23,28,31,33,35,37-39H,24-27H2,1-13H3/t31-,33-,35+,37-,38-,39-,42-,43+/m1/s1. The number of hydrogen-bond donors (Lipinski definition) is 0. The number of ketones is 1. The second kappa shape index (κ2) is 12.9. The fourth-order valence-electron chi connectivity index (χ4n) is 10.4. The van der Waals surface area contributed by atoms with E-state index in [4.69, 9.17) is 18.3 Å². The Kier molecular flexibility index (Phi) is 9.78. The maximum atomic E-state index is 15.1. The van der Waals surface area contributed by atoms with E-state index < -0.39 is 29.0 Å². The molecule has 2 aromatic rings. The van der Waals surface area contributed by atoms with E-state index in [-0.39, 0.29) is 50.7 Å². The number of rotatable bonds is 8. The summed E-state index contributed by atoms with van der Waals surface area (Å²) in [6, 6.07) is 21.8. The van der Waals surface area contributed by atoms with Crippen LogP contribution >= 0.6 is 0 Å². The molecule has 0 amide bonds. The lowest BCUT2D eigenvalue weighted by Gasteiger charge is -2.48. The monoisotopic (exact) mass is 716 g/mol. The molecule has 3 aliphatic carbocycles. The quantitative estimate of drug-likeness (QED) is 0.202. The van der Waals surface area contributed by atoms with Gasteiger partial charge in [-0.05, 0) is 87.5 Å². The van der Waals surface area contributed by atoms with Crippen LogP contribution in [0.5, 0.6) is 0 Å². The summed E-state index contributed by atoms with van der Waals surface area (Å²) in [5.74, 6) is 0.374. The predicted molar refractivity (Wildman–Crippen MR) is 209 cm³/mol. The number of carbonyl (C=O) groups excluding carboxylic acids is 1. The Labute approximate surface area is 305 Å². The van der Waals surface area contributed by atoms with Crippen molar-refractivity contribution >= 4 is 32.8 Å². The molecule has 5 nitrogen and oxygen atoms in total. The van der Waals surface area contributed by atoms with Gasteiger partial charge in [0.15, 0.2) is 20.4 Å². The van der Waals surface area contributed by atoms with Crippen LogP contribution in [0.3, 0.4) is 0 Å². The van der Waals surface area contributed by atoms with Gasteiger partial charge in [0, 0.05) is 12.7 Å². The van der Waals surface area contributed by atoms with Gasteiger partial charge in [-0.1, -0.05) is 130 Å². The molecule has 6 rings (SSSR count). The summed E-state index contributed by atoms with van der Waals surface area (Å²) in [4.78, 5) is 15.1. The molecule has 0 spiro atoms. The number of hydrogen-bond acceptors (Lipinski definition) is 5. The lowest BCUT2D eigenvalue weighted by molar-refractivity contribution is -0.147. The average Bonchev–Trinajstić information content (AvgIpc) is 3.49. The minimum atomic E-state index is -2.88. The summed E-state index contributed by atoms with van der Waals surface area (Å²) in [6.45, 7) is 27.8. The second-order valence-electron chi connectivity index (χ2n) is 19.3. The number of ether oxygens (including phenoxy) is 2. The van der Waals surface area contributed by atoms with Gasteiger partial charge >= 0.3 is 0 Å². The zero-order valence-electron chi connectivity index (χ0n) is 33.2. The van der Waals surface area contributed by atoms with E-state index in [0.29, 0.717) is 5.92 Å². The summed E-state index contributed by atoms with van der Waals surface area (Å²) in [5.41, 5.74) is 2.09. The molecule has 0 saturated heterocycles. The largest absolute Gasteiger partial charge is 0.407 e. The van der Waals surface area contributed by atoms with Crippen molar-refractivity contribution in [3.8, 4) is 0 Å². The van der Waals surface area contributed by atoms with E-state index >= 15 is 4.79 Å². The zero-order valence-corrected chi connectivity index (χ0v) is 35.2. The number of fused-ring (bicyclic) bond motifs is 2. The van der Waals surface area contributed by atoms with Crippen LogP contribution in [0.25, 0.3) is 0 Å². The Morgan fingerprint density at radius 1 is 0.820 bits per heavy atom. The zero-order chi connectivity index (χ0) is 36.7. The highest BCUT2D eigenvalue weighted by Crippen LogP contribution is 2.65. The smallest absolute Gasteiger partial charge is 0.261 e. The third kappa shape index (κ3) is 5.81. The van der Waals surface area contributed by atoms with Crippen molar-refractivity contribution in [3.63, 3.8) is 0 Å². The highest BCUT2D eigenvalue weighted by atomic mass is 28.4. The first-order valence-corrected chi connectivity index (χ1v) is 24.0. The highest BCUT2D eigenvalue weighted by Gasteiger charge is 2.68.